The van der Waals surface area contributed by atoms with Gasteiger partial charge >= 0.3 is 0 Å². The summed E-state index contributed by atoms with van der Waals surface area (Å²) in [5.74, 6) is 0. The molecule has 0 saturated heterocycles. The Kier molecular flexibility index (Phi) is 2.41. The maximum Gasteiger partial charge on any atom is 0.197 e. The molecule has 2 rings (SSSR count). The van der Waals surface area contributed by atoms with Crippen LogP contribution in [0.25, 0.3) is 0 Å². The van der Waals surface area contributed by atoms with Gasteiger partial charge in [0.2, 0.25) is 0 Å². The Morgan fingerprint density at radius 2 is 2.07 bits per heavy atom. The number of azo groups is 1. The fourth-order valence-corrected chi connectivity index (χ4v) is 1.23. The van der Waals surface area contributed by atoms with Crippen molar-refractivity contribution in [3.05, 3.63) is 48.2 Å². The van der Waals surface area contributed by atoms with E-state index in [0.29, 0.717) is 6.61 Å². The highest BCUT2D eigenvalue weighted by Gasteiger charge is 2.23. The van der Waals surface area contributed by atoms with Crippen molar-refractivity contribution in [1.29, 1.82) is 0 Å². The zero-order valence-corrected chi connectivity index (χ0v) is 8.05. The Bertz CT molecular complexity index is 345. The van der Waals surface area contributed by atoms with E-state index in [0.717, 1.165) is 5.56 Å². The number of nitrogens with zero attached hydrogens (tertiary/aromatic N) is 2. The van der Waals surface area contributed by atoms with Gasteiger partial charge in [-0.15, -0.1) is 5.11 Å². The van der Waals surface area contributed by atoms with Crippen LogP contribution in [0.1, 0.15) is 12.5 Å². The number of rotatable bonds is 3. The molecule has 0 bridgehead atoms. The fourth-order valence-electron chi connectivity index (χ4n) is 1.23. The molecule has 1 aromatic carbocycles. The van der Waals surface area contributed by atoms with Gasteiger partial charge < -0.3 is 4.74 Å². The van der Waals surface area contributed by atoms with Crippen molar-refractivity contribution in [1.82, 2.24) is 0 Å². The first kappa shape index (κ1) is 9.09. The van der Waals surface area contributed by atoms with Gasteiger partial charge in [-0.1, -0.05) is 30.3 Å². The minimum absolute atomic E-state index is 0.556. The van der Waals surface area contributed by atoms with Gasteiger partial charge in [0.05, 0.1) is 12.8 Å². The maximum atomic E-state index is 5.63. The summed E-state index contributed by atoms with van der Waals surface area (Å²) >= 11 is 0. The van der Waals surface area contributed by atoms with Crippen LogP contribution in [0.15, 0.2) is 52.8 Å². The lowest BCUT2D eigenvalue weighted by Gasteiger charge is -2.17. The molecule has 14 heavy (non-hydrogen) atoms. The zero-order valence-electron chi connectivity index (χ0n) is 8.05. The molecule has 1 heterocycles. The number of hydrogen-bond acceptors (Lipinski definition) is 3. The second-order valence-electron chi connectivity index (χ2n) is 3.36. The first-order valence-corrected chi connectivity index (χ1v) is 4.56. The highest BCUT2D eigenvalue weighted by atomic mass is 16.5. The van der Waals surface area contributed by atoms with Crippen LogP contribution >= 0.6 is 0 Å². The van der Waals surface area contributed by atoms with Crippen LogP contribution in [-0.2, 0) is 11.3 Å². The van der Waals surface area contributed by atoms with Gasteiger partial charge in [0.1, 0.15) is 0 Å². The monoisotopic (exact) mass is 188 g/mol. The van der Waals surface area contributed by atoms with E-state index in [9.17, 15) is 0 Å². The third kappa shape index (κ3) is 2.06. The predicted molar refractivity (Wildman–Crippen MR) is 53.6 cm³/mol. The molecule has 0 fully saturated rings. The second-order valence-corrected chi connectivity index (χ2v) is 3.36. The topological polar surface area (TPSA) is 34.0 Å². The summed E-state index contributed by atoms with van der Waals surface area (Å²) in [5.41, 5.74) is 0.569. The normalized spacial score (nSPS) is 24.4. The van der Waals surface area contributed by atoms with Crippen LogP contribution in [0.2, 0.25) is 0 Å². The molecule has 0 aromatic heterocycles. The van der Waals surface area contributed by atoms with Crippen molar-refractivity contribution in [2.45, 2.75) is 19.3 Å². The van der Waals surface area contributed by atoms with Gasteiger partial charge in [-0.25, -0.2) is 0 Å². The molecule has 1 aliphatic rings. The van der Waals surface area contributed by atoms with E-state index in [-0.39, 0.29) is 0 Å². The standard InChI is InChI=1S/C11H12N2O/c1-11(7-8-12-13-11)14-9-10-5-3-2-4-6-10/h2-8H,9H2,1H3. The number of ether oxygens (including phenoxy) is 1. The summed E-state index contributed by atoms with van der Waals surface area (Å²) in [6.45, 7) is 2.45. The van der Waals surface area contributed by atoms with Crippen LogP contribution in [0.3, 0.4) is 0 Å². The van der Waals surface area contributed by atoms with E-state index < -0.39 is 5.72 Å². The van der Waals surface area contributed by atoms with E-state index in [1.807, 2.05) is 43.3 Å². The quantitative estimate of drug-likeness (QED) is 0.718. The van der Waals surface area contributed by atoms with Crippen molar-refractivity contribution in [3.8, 4) is 0 Å². The molecule has 0 aliphatic carbocycles. The minimum atomic E-state index is -0.574. The van der Waals surface area contributed by atoms with Gasteiger partial charge in [-0.2, -0.15) is 5.11 Å². The van der Waals surface area contributed by atoms with Crippen LogP contribution in [0.4, 0.5) is 0 Å². The molecule has 1 aromatic rings. The molecule has 3 nitrogen and oxygen atoms in total. The Morgan fingerprint density at radius 1 is 1.29 bits per heavy atom. The summed E-state index contributed by atoms with van der Waals surface area (Å²) < 4.78 is 5.63. The molecule has 1 atom stereocenters. The molecule has 0 saturated carbocycles. The lowest BCUT2D eigenvalue weighted by Crippen LogP contribution is -2.20. The summed E-state index contributed by atoms with van der Waals surface area (Å²) in [5, 5.41) is 7.74. The molecule has 0 amide bonds. The molecule has 0 radical (unpaired) electrons. The van der Waals surface area contributed by atoms with E-state index in [1.54, 1.807) is 6.20 Å². The van der Waals surface area contributed by atoms with Gasteiger partial charge in [-0.3, -0.25) is 0 Å². The molecule has 3 heteroatoms. The number of benzene rings is 1. The molecule has 0 N–H and O–H groups in total. The van der Waals surface area contributed by atoms with Gasteiger partial charge in [0.15, 0.2) is 5.72 Å². The van der Waals surface area contributed by atoms with Crippen LogP contribution in [0, 0.1) is 0 Å². The Hall–Kier alpha value is -1.48. The molecular formula is C11H12N2O. The molecule has 72 valence electrons. The van der Waals surface area contributed by atoms with Crippen molar-refractivity contribution < 1.29 is 4.74 Å². The predicted octanol–water partition coefficient (Wildman–Crippen LogP) is 2.90. The van der Waals surface area contributed by atoms with Crippen molar-refractivity contribution in [3.63, 3.8) is 0 Å². The Labute approximate surface area is 83.1 Å². The van der Waals surface area contributed by atoms with Crippen molar-refractivity contribution in [2.24, 2.45) is 10.2 Å². The molecule has 1 unspecified atom stereocenters. The SMILES string of the molecule is CC1(OCc2ccccc2)C=CN=N1. The van der Waals surface area contributed by atoms with Gasteiger partial charge in [0.25, 0.3) is 0 Å². The highest BCUT2D eigenvalue weighted by Crippen LogP contribution is 2.21. The van der Waals surface area contributed by atoms with E-state index in [2.05, 4.69) is 10.2 Å². The number of hydrogen-bond donors (Lipinski definition) is 0. The summed E-state index contributed by atoms with van der Waals surface area (Å²) in [7, 11) is 0. The molecule has 0 spiro atoms. The summed E-state index contributed by atoms with van der Waals surface area (Å²) in [6.07, 6.45) is 3.50. The van der Waals surface area contributed by atoms with Crippen molar-refractivity contribution >= 4 is 0 Å². The van der Waals surface area contributed by atoms with E-state index in [4.69, 9.17) is 4.74 Å². The lowest BCUT2D eigenvalue weighted by atomic mass is 10.2. The Morgan fingerprint density at radius 3 is 2.71 bits per heavy atom. The first-order chi connectivity index (χ1) is 6.79. The highest BCUT2D eigenvalue weighted by molar-refractivity contribution is 5.14. The fraction of sp³-hybridized carbons (Fsp3) is 0.273. The first-order valence-electron chi connectivity index (χ1n) is 4.56. The van der Waals surface area contributed by atoms with Gasteiger partial charge in [-0.05, 0) is 18.6 Å². The maximum absolute atomic E-state index is 5.63. The lowest BCUT2D eigenvalue weighted by molar-refractivity contribution is -0.00126. The van der Waals surface area contributed by atoms with Crippen LogP contribution < -0.4 is 0 Å². The minimum Gasteiger partial charge on any atom is -0.344 e. The third-order valence-corrected chi connectivity index (χ3v) is 2.08. The largest absolute Gasteiger partial charge is 0.344 e. The zero-order chi connectivity index (χ0) is 9.86. The van der Waals surface area contributed by atoms with E-state index in [1.165, 1.54) is 0 Å². The van der Waals surface area contributed by atoms with Gasteiger partial charge in [0, 0.05) is 0 Å². The summed E-state index contributed by atoms with van der Waals surface area (Å²) in [4.78, 5) is 0. The van der Waals surface area contributed by atoms with Crippen LogP contribution in [0.5, 0.6) is 0 Å². The van der Waals surface area contributed by atoms with Crippen molar-refractivity contribution in [2.75, 3.05) is 0 Å². The average molecular weight is 188 g/mol. The smallest absolute Gasteiger partial charge is 0.197 e. The van der Waals surface area contributed by atoms with Crippen LogP contribution in [-0.4, -0.2) is 5.72 Å². The Balaban J connectivity index is 1.95. The molecule has 1 aliphatic heterocycles. The average Bonchev–Trinajstić information content (AvgIpc) is 2.65. The molecular weight excluding hydrogens is 176 g/mol. The summed E-state index contributed by atoms with van der Waals surface area (Å²) in [6, 6.07) is 10.0. The second kappa shape index (κ2) is 3.72. The van der Waals surface area contributed by atoms with E-state index >= 15 is 0 Å². The third-order valence-electron chi connectivity index (χ3n) is 2.08.